The highest BCUT2D eigenvalue weighted by molar-refractivity contribution is 7.98. The van der Waals surface area contributed by atoms with Crippen molar-refractivity contribution in [1.82, 2.24) is 0 Å². The number of unbranched alkanes of at least 4 members (excludes halogenated alkanes) is 5. The summed E-state index contributed by atoms with van der Waals surface area (Å²) in [6, 6.07) is 16.3. The molecule has 2 aromatic rings. The Bertz CT molecular complexity index is 683. The second-order valence-corrected chi connectivity index (χ2v) is 7.57. The lowest BCUT2D eigenvalue weighted by Gasteiger charge is -2.03. The maximum absolute atomic E-state index is 12.3. The summed E-state index contributed by atoms with van der Waals surface area (Å²) in [6.45, 7) is 2.25. The number of ketones is 1. The number of carbonyl (C=O) groups is 1. The van der Waals surface area contributed by atoms with Gasteiger partial charge < -0.3 is 0 Å². The first-order chi connectivity index (χ1) is 12.7. The van der Waals surface area contributed by atoms with Crippen molar-refractivity contribution in [2.24, 2.45) is 0 Å². The average Bonchev–Trinajstić information content (AvgIpc) is 2.69. The molecular weight excluding hydrogens is 336 g/mol. The molecule has 1 nitrogen and oxygen atoms in total. The fourth-order valence-corrected chi connectivity index (χ4v) is 3.34. The van der Waals surface area contributed by atoms with E-state index in [9.17, 15) is 4.79 Å². The van der Waals surface area contributed by atoms with Crippen LogP contribution in [0.5, 0.6) is 0 Å². The SMILES string of the molecule is CCCCCCCCc1ccc(C(=O)C=Cc2ccc(SC)cc2)cc1. The lowest BCUT2D eigenvalue weighted by molar-refractivity contribution is 0.104. The third-order valence-corrected chi connectivity index (χ3v) is 5.34. The van der Waals surface area contributed by atoms with E-state index in [1.165, 1.54) is 49.0 Å². The molecule has 0 radical (unpaired) electrons. The lowest BCUT2D eigenvalue weighted by atomic mass is 10.0. The molecule has 0 amide bonds. The van der Waals surface area contributed by atoms with E-state index in [1.807, 2.05) is 30.3 Å². The lowest BCUT2D eigenvalue weighted by Crippen LogP contribution is -1.95. The van der Waals surface area contributed by atoms with Crippen molar-refractivity contribution in [1.29, 1.82) is 0 Å². The van der Waals surface area contributed by atoms with Crippen molar-refractivity contribution in [2.75, 3.05) is 6.26 Å². The van der Waals surface area contributed by atoms with Gasteiger partial charge in [0.2, 0.25) is 0 Å². The molecule has 0 aliphatic heterocycles. The first-order valence-electron chi connectivity index (χ1n) is 9.68. The molecule has 0 heterocycles. The zero-order valence-corrected chi connectivity index (χ0v) is 16.9. The molecule has 0 aromatic heterocycles. The Balaban J connectivity index is 1.80. The summed E-state index contributed by atoms with van der Waals surface area (Å²) in [6.07, 6.45) is 14.6. The molecule has 0 saturated carbocycles. The molecule has 2 aromatic carbocycles. The van der Waals surface area contributed by atoms with Crippen LogP contribution in [0.4, 0.5) is 0 Å². The smallest absolute Gasteiger partial charge is 0.185 e. The van der Waals surface area contributed by atoms with Crippen molar-refractivity contribution < 1.29 is 4.79 Å². The molecule has 138 valence electrons. The molecular formula is C24H30OS. The van der Waals surface area contributed by atoms with Crippen LogP contribution in [-0.2, 0) is 6.42 Å². The molecule has 2 rings (SSSR count). The minimum Gasteiger partial charge on any atom is -0.289 e. The van der Waals surface area contributed by atoms with Crippen LogP contribution >= 0.6 is 11.8 Å². The molecule has 0 fully saturated rings. The van der Waals surface area contributed by atoms with Crippen molar-refractivity contribution in [2.45, 2.75) is 56.8 Å². The number of aryl methyl sites for hydroxylation is 1. The molecule has 0 aliphatic rings. The fraction of sp³-hybridized carbons (Fsp3) is 0.375. The zero-order chi connectivity index (χ0) is 18.6. The quantitative estimate of drug-likeness (QED) is 0.181. The number of thioether (sulfide) groups is 1. The van der Waals surface area contributed by atoms with Gasteiger partial charge in [0.25, 0.3) is 0 Å². The molecule has 0 saturated heterocycles. The topological polar surface area (TPSA) is 17.1 Å². The summed E-state index contributed by atoms with van der Waals surface area (Å²) in [7, 11) is 0. The number of carbonyl (C=O) groups excluding carboxylic acids is 1. The maximum atomic E-state index is 12.3. The Morgan fingerprint density at radius 1 is 0.885 bits per heavy atom. The molecule has 26 heavy (non-hydrogen) atoms. The van der Waals surface area contributed by atoms with E-state index >= 15 is 0 Å². The predicted octanol–water partition coefficient (Wildman–Crippen LogP) is 7.21. The average molecular weight is 367 g/mol. The van der Waals surface area contributed by atoms with Gasteiger partial charge in [-0.25, -0.2) is 0 Å². The summed E-state index contributed by atoms with van der Waals surface area (Å²) in [5, 5.41) is 0. The standard InChI is InChI=1S/C24H30OS/c1-3-4-5-6-7-8-9-20-10-15-22(16-11-20)24(25)19-14-21-12-17-23(26-2)18-13-21/h10-19H,3-9H2,1-2H3. The van der Waals surface area contributed by atoms with E-state index in [0.717, 1.165) is 17.5 Å². The van der Waals surface area contributed by atoms with Gasteiger partial charge in [0, 0.05) is 10.5 Å². The van der Waals surface area contributed by atoms with E-state index < -0.39 is 0 Å². The highest BCUT2D eigenvalue weighted by atomic mass is 32.2. The van der Waals surface area contributed by atoms with E-state index in [2.05, 4.69) is 37.4 Å². The molecule has 0 atom stereocenters. The highest BCUT2D eigenvalue weighted by Gasteiger charge is 2.02. The second kappa shape index (κ2) is 11.7. The van der Waals surface area contributed by atoms with Crippen LogP contribution in [0.1, 0.15) is 66.9 Å². The van der Waals surface area contributed by atoms with Gasteiger partial charge in [-0.1, -0.05) is 81.5 Å². The summed E-state index contributed by atoms with van der Waals surface area (Å²) < 4.78 is 0. The van der Waals surface area contributed by atoms with Gasteiger partial charge in [-0.2, -0.15) is 0 Å². The summed E-state index contributed by atoms with van der Waals surface area (Å²) in [5.74, 6) is 0.0602. The normalized spacial score (nSPS) is 11.2. The molecule has 0 aliphatic carbocycles. The minimum absolute atomic E-state index is 0.0602. The summed E-state index contributed by atoms with van der Waals surface area (Å²) in [4.78, 5) is 13.6. The van der Waals surface area contributed by atoms with E-state index in [4.69, 9.17) is 0 Å². The van der Waals surface area contributed by atoms with Crippen LogP contribution in [0.3, 0.4) is 0 Å². The minimum atomic E-state index is 0.0602. The van der Waals surface area contributed by atoms with E-state index in [-0.39, 0.29) is 5.78 Å². The van der Waals surface area contributed by atoms with Gasteiger partial charge in [0.15, 0.2) is 5.78 Å². The number of allylic oxidation sites excluding steroid dienone is 1. The maximum Gasteiger partial charge on any atom is 0.185 e. The van der Waals surface area contributed by atoms with Crippen LogP contribution in [0, 0.1) is 0 Å². The molecule has 0 unspecified atom stereocenters. The highest BCUT2D eigenvalue weighted by Crippen LogP contribution is 2.16. The first-order valence-corrected chi connectivity index (χ1v) is 10.9. The molecule has 0 N–H and O–H groups in total. The van der Waals surface area contributed by atoms with Crippen LogP contribution in [-0.4, -0.2) is 12.0 Å². The van der Waals surface area contributed by atoms with Crippen LogP contribution in [0.15, 0.2) is 59.5 Å². The molecule has 0 bridgehead atoms. The number of benzene rings is 2. The van der Waals surface area contributed by atoms with Crippen LogP contribution < -0.4 is 0 Å². The number of hydrogen-bond donors (Lipinski definition) is 0. The van der Waals surface area contributed by atoms with Crippen molar-refractivity contribution in [3.63, 3.8) is 0 Å². The fourth-order valence-electron chi connectivity index (χ4n) is 2.93. The zero-order valence-electron chi connectivity index (χ0n) is 16.0. The molecule has 2 heteroatoms. The number of rotatable bonds is 11. The van der Waals surface area contributed by atoms with E-state index in [0.29, 0.717) is 0 Å². The molecule has 0 spiro atoms. The summed E-state index contributed by atoms with van der Waals surface area (Å²) >= 11 is 1.72. The van der Waals surface area contributed by atoms with Gasteiger partial charge in [0.05, 0.1) is 0 Å². The van der Waals surface area contributed by atoms with Gasteiger partial charge >= 0.3 is 0 Å². The first kappa shape index (κ1) is 20.5. The van der Waals surface area contributed by atoms with Crippen LogP contribution in [0.25, 0.3) is 6.08 Å². The van der Waals surface area contributed by atoms with Crippen molar-refractivity contribution in [3.05, 3.63) is 71.3 Å². The largest absolute Gasteiger partial charge is 0.289 e. The Kier molecular flexibility index (Phi) is 9.27. The van der Waals surface area contributed by atoms with Gasteiger partial charge in [-0.05, 0) is 48.4 Å². The summed E-state index contributed by atoms with van der Waals surface area (Å²) in [5.41, 5.74) is 3.14. The van der Waals surface area contributed by atoms with E-state index in [1.54, 1.807) is 17.8 Å². The third-order valence-electron chi connectivity index (χ3n) is 4.60. The Labute approximate surface area is 162 Å². The third kappa shape index (κ3) is 7.21. The Hall–Kier alpha value is -1.80. The van der Waals surface area contributed by atoms with Gasteiger partial charge in [-0.15, -0.1) is 11.8 Å². The van der Waals surface area contributed by atoms with Crippen molar-refractivity contribution >= 4 is 23.6 Å². The monoisotopic (exact) mass is 366 g/mol. The van der Waals surface area contributed by atoms with Crippen LogP contribution in [0.2, 0.25) is 0 Å². The Morgan fingerprint density at radius 3 is 2.19 bits per heavy atom. The Morgan fingerprint density at radius 2 is 1.54 bits per heavy atom. The predicted molar refractivity (Wildman–Crippen MR) is 115 cm³/mol. The van der Waals surface area contributed by atoms with Gasteiger partial charge in [0.1, 0.15) is 0 Å². The van der Waals surface area contributed by atoms with Crippen molar-refractivity contribution in [3.8, 4) is 0 Å². The van der Waals surface area contributed by atoms with Gasteiger partial charge in [-0.3, -0.25) is 4.79 Å². The number of hydrogen-bond acceptors (Lipinski definition) is 2. The second-order valence-electron chi connectivity index (χ2n) is 6.69.